The molecule has 4 fully saturated rings. The summed E-state index contributed by atoms with van der Waals surface area (Å²) in [5, 5.41) is 11.9. The summed E-state index contributed by atoms with van der Waals surface area (Å²) in [4.78, 5) is 57.3. The maximum absolute atomic E-state index is 15.6. The van der Waals surface area contributed by atoms with Crippen LogP contribution in [0.4, 0.5) is 28.9 Å². The highest BCUT2D eigenvalue weighted by Gasteiger charge is 2.59. The zero-order chi connectivity index (χ0) is 42.1. The van der Waals surface area contributed by atoms with Crippen molar-refractivity contribution in [2.24, 2.45) is 5.92 Å². The summed E-state index contributed by atoms with van der Waals surface area (Å²) in [6.07, 6.45) is -3.33. The minimum Gasteiger partial charge on any atom is -0.489 e. The third-order valence-corrected chi connectivity index (χ3v) is 11.6. The van der Waals surface area contributed by atoms with Gasteiger partial charge in [-0.05, 0) is 78.7 Å². The van der Waals surface area contributed by atoms with Crippen molar-refractivity contribution in [3.8, 4) is 11.8 Å². The van der Waals surface area contributed by atoms with Gasteiger partial charge in [0.25, 0.3) is 5.91 Å². The first-order chi connectivity index (χ1) is 28.1. The molecule has 4 saturated heterocycles. The minimum absolute atomic E-state index is 0.0259. The molecule has 1 spiro atoms. The van der Waals surface area contributed by atoms with Crippen LogP contribution >= 0.6 is 23.8 Å². The molecule has 18 heteroatoms. The van der Waals surface area contributed by atoms with Crippen LogP contribution in [0.5, 0.6) is 5.75 Å². The monoisotopic (exact) mass is 854 g/mol. The molecule has 4 aliphatic heterocycles. The van der Waals surface area contributed by atoms with Gasteiger partial charge in [-0.25, -0.2) is 4.39 Å². The number of rotatable bonds is 12. The van der Waals surface area contributed by atoms with Crippen molar-refractivity contribution in [3.63, 3.8) is 0 Å². The molecule has 59 heavy (non-hydrogen) atoms. The first-order valence-electron chi connectivity index (χ1n) is 19.0. The number of carbonyl (C=O) groups is 4. The molecule has 3 aromatic rings. The summed E-state index contributed by atoms with van der Waals surface area (Å²) in [7, 11) is 0. The molecule has 3 amide bonds. The molecule has 0 bridgehead atoms. The zero-order valence-corrected chi connectivity index (χ0v) is 33.2. The van der Waals surface area contributed by atoms with Crippen LogP contribution in [-0.2, 0) is 42.9 Å². The van der Waals surface area contributed by atoms with Crippen LogP contribution in [0.15, 0.2) is 54.6 Å². The third-order valence-electron chi connectivity index (χ3n) is 11.1. The van der Waals surface area contributed by atoms with Gasteiger partial charge >= 0.3 is 6.18 Å². The Morgan fingerprint density at radius 2 is 1.75 bits per heavy atom. The molecule has 7 rings (SSSR count). The van der Waals surface area contributed by atoms with Gasteiger partial charge in [0, 0.05) is 81.3 Å². The number of carbonyl (C=O) groups excluding carboxylic acids is 4. The SMILES string of the molecule is N#Cc1ccc(N2C(=O)C3(CCOC3)N(c3ccc(OCCN4CCN(CC(=O)Cc5cc(Cl)cc(CC6CCC(=O)NC6=O)c5)CC4)c(F)c3)C2=S)cc1C(F)(F)F. The summed E-state index contributed by atoms with van der Waals surface area (Å²) < 4.78 is 68.4. The summed E-state index contributed by atoms with van der Waals surface area (Å²) in [6, 6.07) is 13.9. The maximum atomic E-state index is 15.6. The average molecular weight is 855 g/mol. The van der Waals surface area contributed by atoms with Crippen LogP contribution < -0.4 is 19.9 Å². The number of Topliss-reactive ketones (excluding diaryl/α,β-unsaturated/α-hetero) is 1. The second-order valence-electron chi connectivity index (χ2n) is 15.0. The second-order valence-corrected chi connectivity index (χ2v) is 15.9. The number of hydrogen-bond acceptors (Lipinski definition) is 10. The number of alkyl halides is 3. The molecule has 12 nitrogen and oxygen atoms in total. The van der Waals surface area contributed by atoms with Crippen LogP contribution in [0.1, 0.15) is 41.5 Å². The van der Waals surface area contributed by atoms with Crippen molar-refractivity contribution in [2.75, 3.05) is 68.9 Å². The fourth-order valence-corrected chi connectivity index (χ4v) is 8.80. The average Bonchev–Trinajstić information content (AvgIpc) is 3.75. The highest BCUT2D eigenvalue weighted by molar-refractivity contribution is 7.81. The van der Waals surface area contributed by atoms with Gasteiger partial charge in [-0.15, -0.1) is 0 Å². The summed E-state index contributed by atoms with van der Waals surface area (Å²) in [6.45, 7) is 3.58. The number of halogens is 5. The number of piperidine rings is 1. The van der Waals surface area contributed by atoms with Crippen LogP contribution in [0.25, 0.3) is 0 Å². The Morgan fingerprint density at radius 1 is 1.02 bits per heavy atom. The Hall–Kier alpha value is -4.99. The van der Waals surface area contributed by atoms with Gasteiger partial charge in [-0.3, -0.25) is 39.2 Å². The molecule has 2 atom stereocenters. The highest BCUT2D eigenvalue weighted by Crippen LogP contribution is 2.43. The predicted molar refractivity (Wildman–Crippen MR) is 211 cm³/mol. The van der Waals surface area contributed by atoms with E-state index in [0.29, 0.717) is 63.1 Å². The van der Waals surface area contributed by atoms with E-state index in [9.17, 15) is 37.6 Å². The van der Waals surface area contributed by atoms with E-state index in [1.54, 1.807) is 12.1 Å². The lowest BCUT2D eigenvalue weighted by Gasteiger charge is -2.34. The van der Waals surface area contributed by atoms with Gasteiger partial charge in [-0.1, -0.05) is 17.7 Å². The van der Waals surface area contributed by atoms with Crippen LogP contribution in [0.3, 0.4) is 0 Å². The molecule has 2 unspecified atom stereocenters. The van der Waals surface area contributed by atoms with E-state index in [4.69, 9.17) is 33.3 Å². The third kappa shape index (κ3) is 9.12. The van der Waals surface area contributed by atoms with Crippen molar-refractivity contribution >= 4 is 63.8 Å². The lowest BCUT2D eigenvalue weighted by Crippen LogP contribution is -2.50. The largest absolute Gasteiger partial charge is 0.489 e. The lowest BCUT2D eigenvalue weighted by atomic mass is 9.90. The molecular formula is C41H39ClF4N6O6S. The van der Waals surface area contributed by atoms with E-state index in [1.807, 2.05) is 6.07 Å². The fourth-order valence-electron chi connectivity index (χ4n) is 8.05. The lowest BCUT2D eigenvalue weighted by molar-refractivity contribution is -0.138. The molecule has 4 aliphatic rings. The Kier molecular flexibility index (Phi) is 12.4. The highest BCUT2D eigenvalue weighted by atomic mass is 35.5. The molecule has 4 heterocycles. The number of thiocarbonyl (C=S) groups is 1. The molecule has 0 aromatic heterocycles. The standard InChI is InChI=1S/C41H39ClF4N6O6S/c42-29-17-25(16-27-2-6-36(54)48-37(27)55)15-26(18-29)19-32(53)23-50-10-8-49(9-11-50)12-14-58-35-5-4-31(21-34(35)43)52-39(59)51(38(56)40(52)7-13-57-24-40)30-3-1-28(22-47)33(20-30)41(44,45)46/h1,3-5,15,17-18,20-21,27H,2,6-14,16,19,23-24H2,(H,48,54,55). The van der Waals surface area contributed by atoms with Gasteiger partial charge < -0.3 is 14.4 Å². The molecule has 1 N–H and O–H groups in total. The van der Waals surface area contributed by atoms with E-state index in [-0.39, 0.29) is 85.0 Å². The number of imide groups is 1. The first kappa shape index (κ1) is 42.1. The van der Waals surface area contributed by atoms with E-state index < -0.39 is 34.6 Å². The van der Waals surface area contributed by atoms with Gasteiger partial charge in [0.1, 0.15) is 6.61 Å². The summed E-state index contributed by atoms with van der Waals surface area (Å²) in [5.41, 5.74) is -1.61. The number of piperazine rings is 1. The molecule has 3 aromatic carbocycles. The number of benzene rings is 3. The van der Waals surface area contributed by atoms with Crippen molar-refractivity contribution in [3.05, 3.63) is 87.7 Å². The van der Waals surface area contributed by atoms with Crippen LogP contribution in [0.2, 0.25) is 5.02 Å². The topological polar surface area (TPSA) is 136 Å². The normalized spacial score (nSPS) is 21.7. The van der Waals surface area contributed by atoms with E-state index in [0.717, 1.165) is 28.2 Å². The number of nitrogens with zero attached hydrogens (tertiary/aromatic N) is 5. The number of anilines is 2. The van der Waals surface area contributed by atoms with Crippen molar-refractivity contribution in [2.45, 2.75) is 43.8 Å². The smallest absolute Gasteiger partial charge is 0.417 e. The Labute approximate surface area is 347 Å². The zero-order valence-electron chi connectivity index (χ0n) is 31.7. The van der Waals surface area contributed by atoms with Crippen LogP contribution in [0, 0.1) is 23.1 Å². The van der Waals surface area contributed by atoms with E-state index in [1.165, 1.54) is 29.2 Å². The molecule has 310 valence electrons. The Balaban J connectivity index is 0.911. The Morgan fingerprint density at radius 3 is 2.42 bits per heavy atom. The molecule has 0 radical (unpaired) electrons. The number of amides is 3. The molecule has 0 saturated carbocycles. The number of hydrogen-bond donors (Lipinski definition) is 1. The van der Waals surface area contributed by atoms with Crippen molar-refractivity contribution in [1.82, 2.24) is 15.1 Å². The maximum Gasteiger partial charge on any atom is 0.417 e. The van der Waals surface area contributed by atoms with Crippen molar-refractivity contribution in [1.29, 1.82) is 5.26 Å². The fraction of sp³-hybridized carbons (Fsp3) is 0.415. The van der Waals surface area contributed by atoms with Crippen molar-refractivity contribution < 1.29 is 46.2 Å². The summed E-state index contributed by atoms with van der Waals surface area (Å²) >= 11 is 12.0. The first-order valence-corrected chi connectivity index (χ1v) is 19.8. The number of ether oxygens (including phenoxy) is 2. The second kappa shape index (κ2) is 17.3. The quantitative estimate of drug-likeness (QED) is 0.149. The van der Waals surface area contributed by atoms with Gasteiger partial charge in [0.15, 0.2) is 28.0 Å². The van der Waals surface area contributed by atoms with Gasteiger partial charge in [0.2, 0.25) is 11.8 Å². The Bertz CT molecular complexity index is 2220. The van der Waals surface area contributed by atoms with Gasteiger partial charge in [0.05, 0.1) is 36.0 Å². The summed E-state index contributed by atoms with van der Waals surface area (Å²) in [5.74, 6) is -2.26. The van der Waals surface area contributed by atoms with E-state index >= 15 is 4.39 Å². The molecule has 0 aliphatic carbocycles. The predicted octanol–water partition coefficient (Wildman–Crippen LogP) is 5.07. The minimum atomic E-state index is -4.86. The van der Waals surface area contributed by atoms with E-state index in [2.05, 4.69) is 15.1 Å². The van der Waals surface area contributed by atoms with Crippen LogP contribution in [-0.4, -0.2) is 103 Å². The molecular weight excluding hydrogens is 816 g/mol. The van der Waals surface area contributed by atoms with Gasteiger partial charge in [-0.2, -0.15) is 18.4 Å². The number of ketones is 1. The number of nitrogens with one attached hydrogen (secondary N) is 1. The number of nitriles is 1.